The van der Waals surface area contributed by atoms with Gasteiger partial charge in [0.25, 0.3) is 5.91 Å². The van der Waals surface area contributed by atoms with Gasteiger partial charge in [0, 0.05) is 13.1 Å². The van der Waals surface area contributed by atoms with E-state index in [1.807, 2.05) is 28.5 Å². The van der Waals surface area contributed by atoms with Crippen LogP contribution in [-0.4, -0.2) is 59.1 Å². The molecule has 2 fully saturated rings. The fraction of sp³-hybridized carbons (Fsp3) is 0.524. The molecule has 2 aromatic rings. The van der Waals surface area contributed by atoms with Crippen molar-refractivity contribution in [2.24, 2.45) is 5.41 Å². The minimum atomic E-state index is -5.08. The molecule has 2 aliphatic heterocycles. The van der Waals surface area contributed by atoms with Gasteiger partial charge in [-0.3, -0.25) is 9.69 Å². The first-order valence-corrected chi connectivity index (χ1v) is 10.9. The zero-order valence-corrected chi connectivity index (χ0v) is 17.8. The number of aliphatic carboxylic acids is 1. The minimum absolute atomic E-state index is 0.218. The molecule has 6 nitrogen and oxygen atoms in total. The topological polar surface area (TPSA) is 74.0 Å². The van der Waals surface area contributed by atoms with Crippen molar-refractivity contribution in [1.82, 2.24) is 9.80 Å². The molecule has 1 amide bonds. The third kappa shape index (κ3) is 6.33. The van der Waals surface area contributed by atoms with E-state index in [0.717, 1.165) is 56.2 Å². The lowest BCUT2D eigenvalue weighted by Crippen LogP contribution is -2.48. The third-order valence-corrected chi connectivity index (χ3v) is 6.82. The van der Waals surface area contributed by atoms with Gasteiger partial charge in [-0.05, 0) is 67.8 Å². The van der Waals surface area contributed by atoms with Gasteiger partial charge in [-0.25, -0.2) is 4.79 Å². The second-order valence-electron chi connectivity index (χ2n) is 7.93. The summed E-state index contributed by atoms with van der Waals surface area (Å²) in [5.74, 6) is -1.48. The normalized spacial score (nSPS) is 19.0. The molecule has 4 heterocycles. The van der Waals surface area contributed by atoms with Crippen molar-refractivity contribution in [1.29, 1.82) is 0 Å². The van der Waals surface area contributed by atoms with E-state index in [4.69, 9.17) is 14.3 Å². The summed E-state index contributed by atoms with van der Waals surface area (Å²) in [6, 6.07) is 7.91. The van der Waals surface area contributed by atoms with Crippen molar-refractivity contribution in [2.45, 2.75) is 38.4 Å². The molecular formula is C21H25F3N2O4S. The summed E-state index contributed by atoms with van der Waals surface area (Å²) in [4.78, 5) is 26.8. The Morgan fingerprint density at radius 2 is 1.68 bits per heavy atom. The van der Waals surface area contributed by atoms with E-state index in [1.54, 1.807) is 17.6 Å². The minimum Gasteiger partial charge on any atom is -0.475 e. The number of amides is 1. The number of carboxylic acids is 1. The van der Waals surface area contributed by atoms with Crippen LogP contribution in [0.4, 0.5) is 13.2 Å². The van der Waals surface area contributed by atoms with Crippen molar-refractivity contribution in [3.05, 3.63) is 46.5 Å². The number of nitrogens with zero attached hydrogens (tertiary/aromatic N) is 2. The Morgan fingerprint density at radius 1 is 1.06 bits per heavy atom. The van der Waals surface area contributed by atoms with Crippen LogP contribution in [0.2, 0.25) is 0 Å². The monoisotopic (exact) mass is 458 g/mol. The third-order valence-electron chi connectivity index (χ3n) is 5.96. The van der Waals surface area contributed by atoms with Gasteiger partial charge in [0.15, 0.2) is 0 Å². The number of hydrogen-bond acceptors (Lipinski definition) is 5. The van der Waals surface area contributed by atoms with E-state index in [9.17, 15) is 18.0 Å². The molecule has 0 radical (unpaired) electrons. The largest absolute Gasteiger partial charge is 0.490 e. The number of likely N-dealkylation sites (tertiary alicyclic amines) is 2. The average Bonchev–Trinajstić information content (AvgIpc) is 3.44. The Morgan fingerprint density at radius 3 is 2.16 bits per heavy atom. The van der Waals surface area contributed by atoms with Gasteiger partial charge >= 0.3 is 12.1 Å². The first-order valence-electron chi connectivity index (χ1n) is 10.1. The fourth-order valence-electron chi connectivity index (χ4n) is 4.05. The van der Waals surface area contributed by atoms with Gasteiger partial charge in [-0.15, -0.1) is 11.3 Å². The molecule has 31 heavy (non-hydrogen) atoms. The van der Waals surface area contributed by atoms with Gasteiger partial charge in [0.2, 0.25) is 0 Å². The number of carbonyl (C=O) groups excluding carboxylic acids is 1. The first-order chi connectivity index (χ1) is 14.7. The fourth-order valence-corrected chi connectivity index (χ4v) is 4.74. The second-order valence-corrected chi connectivity index (χ2v) is 8.88. The lowest BCUT2D eigenvalue weighted by Gasteiger charge is -2.46. The number of rotatable bonds is 3. The molecular weight excluding hydrogens is 433 g/mol. The lowest BCUT2D eigenvalue weighted by molar-refractivity contribution is -0.192. The van der Waals surface area contributed by atoms with E-state index in [-0.39, 0.29) is 5.91 Å². The van der Waals surface area contributed by atoms with Crippen molar-refractivity contribution in [3.63, 3.8) is 0 Å². The quantitative estimate of drug-likeness (QED) is 0.734. The van der Waals surface area contributed by atoms with Crippen LogP contribution in [-0.2, 0) is 11.3 Å². The van der Waals surface area contributed by atoms with E-state index >= 15 is 0 Å². The van der Waals surface area contributed by atoms with Crippen LogP contribution >= 0.6 is 11.3 Å². The molecule has 0 atom stereocenters. The van der Waals surface area contributed by atoms with Crippen LogP contribution in [0, 0.1) is 5.41 Å². The summed E-state index contributed by atoms with van der Waals surface area (Å²) < 4.78 is 37.2. The molecule has 0 saturated carbocycles. The molecule has 4 rings (SSSR count). The number of halogens is 3. The van der Waals surface area contributed by atoms with Gasteiger partial charge < -0.3 is 14.4 Å². The molecule has 170 valence electrons. The van der Waals surface area contributed by atoms with Crippen LogP contribution in [0.1, 0.15) is 41.1 Å². The maximum Gasteiger partial charge on any atom is 0.490 e. The second kappa shape index (κ2) is 9.86. The smallest absolute Gasteiger partial charge is 0.475 e. The van der Waals surface area contributed by atoms with Crippen LogP contribution < -0.4 is 0 Å². The summed E-state index contributed by atoms with van der Waals surface area (Å²) in [6.07, 6.45) is 1.46. The lowest BCUT2D eigenvalue weighted by atomic mass is 9.71. The highest BCUT2D eigenvalue weighted by atomic mass is 32.1. The number of hydrogen-bond donors (Lipinski definition) is 1. The summed E-state index contributed by atoms with van der Waals surface area (Å²) in [6.45, 7) is 5.02. The van der Waals surface area contributed by atoms with Crippen molar-refractivity contribution in [3.8, 4) is 0 Å². The van der Waals surface area contributed by atoms with Crippen LogP contribution in [0.3, 0.4) is 0 Å². The highest BCUT2D eigenvalue weighted by molar-refractivity contribution is 7.12. The standard InChI is InChI=1S/C19H24N2O2S.C2HF3O2/c22-18(17-4-2-14-24-17)21-11-7-19(8-12-21)5-9-20(10-6-19)15-16-3-1-13-23-16;3-2(4,5)1(6)7/h1-4,13-14H,5-12,15H2;(H,6,7). The molecule has 1 spiro atoms. The molecule has 0 aromatic carbocycles. The number of thiophene rings is 1. The zero-order valence-electron chi connectivity index (χ0n) is 16.9. The van der Waals surface area contributed by atoms with Crippen molar-refractivity contribution in [2.75, 3.05) is 26.2 Å². The maximum absolute atomic E-state index is 12.5. The number of carboxylic acid groups (broad SMARTS) is 1. The molecule has 2 aliphatic rings. The number of alkyl halides is 3. The van der Waals surface area contributed by atoms with Gasteiger partial charge in [-0.2, -0.15) is 13.2 Å². The van der Waals surface area contributed by atoms with Crippen LogP contribution in [0.15, 0.2) is 40.3 Å². The Kier molecular flexibility index (Phi) is 7.42. The molecule has 0 aliphatic carbocycles. The maximum atomic E-state index is 12.5. The molecule has 10 heteroatoms. The van der Waals surface area contributed by atoms with E-state index in [0.29, 0.717) is 5.41 Å². The summed E-state index contributed by atoms with van der Waals surface area (Å²) >= 11 is 1.55. The van der Waals surface area contributed by atoms with Crippen molar-refractivity contribution >= 4 is 23.2 Å². The SMILES string of the molecule is O=C(O)C(F)(F)F.O=C(c1cccs1)N1CCC2(CCN(Cc3ccco3)CC2)CC1. The number of carbonyl (C=O) groups is 2. The molecule has 2 saturated heterocycles. The average molecular weight is 459 g/mol. The summed E-state index contributed by atoms with van der Waals surface area (Å²) in [7, 11) is 0. The summed E-state index contributed by atoms with van der Waals surface area (Å²) in [5.41, 5.74) is 0.450. The van der Waals surface area contributed by atoms with Crippen LogP contribution in [0.25, 0.3) is 0 Å². The predicted octanol–water partition coefficient (Wildman–Crippen LogP) is 4.49. The predicted molar refractivity (Wildman–Crippen MR) is 109 cm³/mol. The van der Waals surface area contributed by atoms with Gasteiger partial charge in [0.1, 0.15) is 5.76 Å². The van der Waals surface area contributed by atoms with Crippen LogP contribution in [0.5, 0.6) is 0 Å². The Balaban J connectivity index is 0.000000339. The molecule has 0 unspecified atom stereocenters. The number of piperidine rings is 2. The van der Waals surface area contributed by atoms with Crippen molar-refractivity contribution < 1.29 is 32.3 Å². The highest BCUT2D eigenvalue weighted by Crippen LogP contribution is 2.41. The Hall–Kier alpha value is -2.33. The first kappa shape index (κ1) is 23.3. The van der Waals surface area contributed by atoms with Gasteiger partial charge in [0.05, 0.1) is 17.7 Å². The number of furan rings is 1. The Labute approximate surface area is 182 Å². The van der Waals surface area contributed by atoms with E-state index in [2.05, 4.69) is 11.0 Å². The Bertz CT molecular complexity index is 835. The molecule has 0 bridgehead atoms. The van der Waals surface area contributed by atoms with E-state index in [1.165, 1.54) is 12.8 Å². The van der Waals surface area contributed by atoms with Gasteiger partial charge in [-0.1, -0.05) is 6.07 Å². The molecule has 2 aromatic heterocycles. The summed E-state index contributed by atoms with van der Waals surface area (Å²) in [5, 5.41) is 9.10. The highest BCUT2D eigenvalue weighted by Gasteiger charge is 2.39. The van der Waals surface area contributed by atoms with E-state index < -0.39 is 12.1 Å². The molecule has 1 N–H and O–H groups in total. The zero-order chi connectivity index (χ0) is 22.5.